The Kier molecular flexibility index (Phi) is 5.03. The molecule has 1 aromatic carbocycles. The van der Waals surface area contributed by atoms with Gasteiger partial charge in [-0.1, -0.05) is 17.3 Å². The summed E-state index contributed by atoms with van der Waals surface area (Å²) in [6.07, 6.45) is 2.84. The monoisotopic (exact) mass is 349 g/mol. The maximum absolute atomic E-state index is 11.6. The molecule has 24 heavy (non-hydrogen) atoms. The maximum atomic E-state index is 11.6. The molecular formula is C17H23N3O3S. The third-order valence-electron chi connectivity index (χ3n) is 4.62. The molecule has 0 N–H and O–H groups in total. The predicted molar refractivity (Wildman–Crippen MR) is 91.3 cm³/mol. The van der Waals surface area contributed by atoms with Crippen LogP contribution in [0.4, 0.5) is 0 Å². The SMILES string of the molecule is C[C@@H](c1ccc(S(C)(=O)=O)cc1)N1CCN(Cc2ccon2)CC1. The average molecular weight is 349 g/mol. The lowest BCUT2D eigenvalue weighted by atomic mass is 10.1. The molecule has 0 radical (unpaired) electrons. The van der Waals surface area contributed by atoms with Crippen molar-refractivity contribution >= 4 is 9.84 Å². The molecule has 0 unspecified atom stereocenters. The van der Waals surface area contributed by atoms with Gasteiger partial charge in [0.15, 0.2) is 9.84 Å². The van der Waals surface area contributed by atoms with Crippen LogP contribution in [0.1, 0.15) is 24.2 Å². The van der Waals surface area contributed by atoms with Crippen LogP contribution in [0.2, 0.25) is 0 Å². The van der Waals surface area contributed by atoms with Crippen molar-refractivity contribution in [1.82, 2.24) is 15.0 Å². The fourth-order valence-electron chi connectivity index (χ4n) is 3.06. The molecule has 1 atom stereocenters. The smallest absolute Gasteiger partial charge is 0.175 e. The van der Waals surface area contributed by atoms with Crippen molar-refractivity contribution < 1.29 is 12.9 Å². The molecular weight excluding hydrogens is 326 g/mol. The van der Waals surface area contributed by atoms with Crippen LogP contribution in [0.3, 0.4) is 0 Å². The molecule has 1 fully saturated rings. The van der Waals surface area contributed by atoms with Crippen LogP contribution < -0.4 is 0 Å². The lowest BCUT2D eigenvalue weighted by Gasteiger charge is -2.38. The van der Waals surface area contributed by atoms with Gasteiger partial charge in [-0.05, 0) is 24.6 Å². The number of benzene rings is 1. The zero-order chi connectivity index (χ0) is 17.2. The molecule has 7 heteroatoms. The van der Waals surface area contributed by atoms with Gasteiger partial charge in [-0.2, -0.15) is 0 Å². The van der Waals surface area contributed by atoms with E-state index in [9.17, 15) is 8.42 Å². The van der Waals surface area contributed by atoms with Gasteiger partial charge in [-0.25, -0.2) is 8.42 Å². The summed E-state index contributed by atoms with van der Waals surface area (Å²) in [7, 11) is -3.14. The second-order valence-electron chi connectivity index (χ2n) is 6.32. The molecule has 0 spiro atoms. The first-order chi connectivity index (χ1) is 11.4. The molecule has 1 aromatic heterocycles. The summed E-state index contributed by atoms with van der Waals surface area (Å²) < 4.78 is 28.0. The summed E-state index contributed by atoms with van der Waals surface area (Å²) in [6.45, 7) is 6.92. The Hall–Kier alpha value is -1.70. The summed E-state index contributed by atoms with van der Waals surface area (Å²) in [4.78, 5) is 5.17. The Balaban J connectivity index is 1.57. The third-order valence-corrected chi connectivity index (χ3v) is 5.75. The standard InChI is InChI=1S/C17H23N3O3S/c1-14(15-3-5-17(6-4-15)24(2,21)22)20-10-8-19(9-11-20)13-16-7-12-23-18-16/h3-7,12,14H,8-11,13H2,1-2H3/t14-/m0/s1. The molecule has 0 bridgehead atoms. The first kappa shape index (κ1) is 17.1. The fourth-order valence-corrected chi connectivity index (χ4v) is 3.69. The zero-order valence-electron chi connectivity index (χ0n) is 14.1. The largest absolute Gasteiger partial charge is 0.364 e. The van der Waals surface area contributed by atoms with Crippen molar-refractivity contribution in [1.29, 1.82) is 0 Å². The Morgan fingerprint density at radius 2 is 1.79 bits per heavy atom. The topological polar surface area (TPSA) is 66.7 Å². The number of piperazine rings is 1. The van der Waals surface area contributed by atoms with E-state index in [4.69, 9.17) is 4.52 Å². The minimum absolute atomic E-state index is 0.271. The summed E-state index contributed by atoms with van der Waals surface area (Å²) in [5.41, 5.74) is 2.11. The summed E-state index contributed by atoms with van der Waals surface area (Å²) in [5, 5.41) is 3.96. The van der Waals surface area contributed by atoms with E-state index in [1.807, 2.05) is 18.2 Å². The van der Waals surface area contributed by atoms with Gasteiger partial charge >= 0.3 is 0 Å². The maximum Gasteiger partial charge on any atom is 0.175 e. The highest BCUT2D eigenvalue weighted by atomic mass is 32.2. The van der Waals surface area contributed by atoms with Gasteiger partial charge in [0.1, 0.15) is 6.26 Å². The van der Waals surface area contributed by atoms with Crippen LogP contribution in [0.15, 0.2) is 46.0 Å². The van der Waals surface area contributed by atoms with Gasteiger partial charge in [0.05, 0.1) is 10.6 Å². The van der Waals surface area contributed by atoms with Gasteiger partial charge < -0.3 is 4.52 Å². The van der Waals surface area contributed by atoms with Crippen molar-refractivity contribution in [2.45, 2.75) is 24.4 Å². The molecule has 2 aromatic rings. The number of aromatic nitrogens is 1. The Labute approximate surface area is 143 Å². The summed E-state index contributed by atoms with van der Waals surface area (Å²) in [6, 6.07) is 9.40. The van der Waals surface area contributed by atoms with E-state index in [0.717, 1.165) is 44.0 Å². The average Bonchev–Trinajstić information content (AvgIpc) is 3.07. The first-order valence-electron chi connectivity index (χ1n) is 8.09. The van der Waals surface area contributed by atoms with Crippen LogP contribution in [0, 0.1) is 0 Å². The number of sulfone groups is 1. The highest BCUT2D eigenvalue weighted by Gasteiger charge is 2.22. The van der Waals surface area contributed by atoms with Crippen molar-refractivity contribution in [2.75, 3.05) is 32.4 Å². The molecule has 0 saturated carbocycles. The van der Waals surface area contributed by atoms with Crippen LogP contribution in [0.5, 0.6) is 0 Å². The van der Waals surface area contributed by atoms with E-state index in [-0.39, 0.29) is 6.04 Å². The van der Waals surface area contributed by atoms with Crippen LogP contribution in [-0.4, -0.2) is 55.8 Å². The molecule has 130 valence electrons. The molecule has 1 aliphatic rings. The number of hydrogen-bond donors (Lipinski definition) is 0. The normalized spacial score (nSPS) is 18.6. The minimum Gasteiger partial charge on any atom is -0.364 e. The summed E-state index contributed by atoms with van der Waals surface area (Å²) in [5.74, 6) is 0. The molecule has 1 saturated heterocycles. The number of nitrogens with zero attached hydrogens (tertiary/aromatic N) is 3. The minimum atomic E-state index is -3.14. The van der Waals surface area contributed by atoms with E-state index in [1.54, 1.807) is 18.4 Å². The van der Waals surface area contributed by atoms with Gasteiger partial charge in [0.2, 0.25) is 0 Å². The van der Waals surface area contributed by atoms with Crippen molar-refractivity contribution in [3.8, 4) is 0 Å². The third kappa shape index (κ3) is 4.03. The van der Waals surface area contributed by atoms with Crippen LogP contribution in [0.25, 0.3) is 0 Å². The van der Waals surface area contributed by atoms with Gasteiger partial charge in [0.25, 0.3) is 0 Å². The van der Waals surface area contributed by atoms with Crippen molar-refractivity contribution in [2.24, 2.45) is 0 Å². The molecule has 6 nitrogen and oxygen atoms in total. The fraction of sp³-hybridized carbons (Fsp3) is 0.471. The van der Waals surface area contributed by atoms with Gasteiger partial charge in [-0.15, -0.1) is 0 Å². The zero-order valence-corrected chi connectivity index (χ0v) is 14.9. The first-order valence-corrected chi connectivity index (χ1v) is 9.98. The summed E-state index contributed by atoms with van der Waals surface area (Å²) >= 11 is 0. The second kappa shape index (κ2) is 7.04. The van der Waals surface area contributed by atoms with Gasteiger partial charge in [0, 0.05) is 51.1 Å². The van der Waals surface area contributed by atoms with E-state index in [1.165, 1.54) is 6.26 Å². The van der Waals surface area contributed by atoms with Crippen molar-refractivity contribution in [3.05, 3.63) is 47.9 Å². The van der Waals surface area contributed by atoms with Crippen LogP contribution >= 0.6 is 0 Å². The van der Waals surface area contributed by atoms with E-state index < -0.39 is 9.84 Å². The quantitative estimate of drug-likeness (QED) is 0.822. The number of hydrogen-bond acceptors (Lipinski definition) is 6. The molecule has 2 heterocycles. The van der Waals surface area contributed by atoms with Gasteiger partial charge in [-0.3, -0.25) is 9.80 Å². The predicted octanol–water partition coefficient (Wildman–Crippen LogP) is 1.96. The second-order valence-corrected chi connectivity index (χ2v) is 8.34. The molecule has 1 aliphatic heterocycles. The molecule has 0 amide bonds. The highest BCUT2D eigenvalue weighted by Crippen LogP contribution is 2.23. The molecule has 3 rings (SSSR count). The Morgan fingerprint density at radius 3 is 2.33 bits per heavy atom. The molecule has 0 aliphatic carbocycles. The van der Waals surface area contributed by atoms with E-state index in [0.29, 0.717) is 4.90 Å². The van der Waals surface area contributed by atoms with E-state index in [2.05, 4.69) is 21.9 Å². The van der Waals surface area contributed by atoms with Crippen LogP contribution in [-0.2, 0) is 16.4 Å². The lowest BCUT2D eigenvalue weighted by Crippen LogP contribution is -2.46. The Morgan fingerprint density at radius 1 is 1.12 bits per heavy atom. The van der Waals surface area contributed by atoms with Crippen molar-refractivity contribution in [3.63, 3.8) is 0 Å². The highest BCUT2D eigenvalue weighted by molar-refractivity contribution is 7.90. The Bertz CT molecular complexity index is 749. The van der Waals surface area contributed by atoms with E-state index >= 15 is 0 Å². The number of rotatable bonds is 5. The lowest BCUT2D eigenvalue weighted by molar-refractivity contribution is 0.0963.